The molecule has 1 aliphatic rings. The lowest BCUT2D eigenvalue weighted by Crippen LogP contribution is -2.47. The van der Waals surface area contributed by atoms with Crippen LogP contribution in [0.4, 0.5) is 10.5 Å². The normalized spacial score (nSPS) is 19.0. The first kappa shape index (κ1) is 15.9. The molecule has 1 atom stereocenters. The molecule has 1 aliphatic heterocycles. The van der Waals surface area contributed by atoms with E-state index < -0.39 is 6.03 Å². The summed E-state index contributed by atoms with van der Waals surface area (Å²) in [6.45, 7) is 4.17. The van der Waals surface area contributed by atoms with Gasteiger partial charge in [0.2, 0.25) is 5.91 Å². The van der Waals surface area contributed by atoms with Crippen molar-refractivity contribution in [3.8, 4) is 0 Å². The van der Waals surface area contributed by atoms with Gasteiger partial charge in [-0.05, 0) is 31.2 Å². The Balaban J connectivity index is 1.76. The maximum Gasteiger partial charge on any atom is 0.325 e. The van der Waals surface area contributed by atoms with Crippen molar-refractivity contribution in [3.05, 3.63) is 28.7 Å². The van der Waals surface area contributed by atoms with Crippen LogP contribution in [0.15, 0.2) is 28.7 Å². The Labute approximate surface area is 132 Å². The predicted molar refractivity (Wildman–Crippen MR) is 83.2 cm³/mol. The molecule has 1 aromatic rings. The number of anilines is 1. The Kier molecular flexibility index (Phi) is 5.72. The molecule has 0 radical (unpaired) electrons. The first-order valence-corrected chi connectivity index (χ1v) is 7.52. The lowest BCUT2D eigenvalue weighted by molar-refractivity contribution is -0.122. The van der Waals surface area contributed by atoms with E-state index in [1.807, 2.05) is 24.0 Å². The van der Waals surface area contributed by atoms with E-state index in [9.17, 15) is 9.59 Å². The number of imide groups is 1. The maximum atomic E-state index is 11.8. The highest BCUT2D eigenvalue weighted by molar-refractivity contribution is 9.10. The minimum atomic E-state index is -0.524. The molecular formula is C14H18BrN3O3. The van der Waals surface area contributed by atoms with E-state index >= 15 is 0 Å². The van der Waals surface area contributed by atoms with Gasteiger partial charge in [0.05, 0.1) is 19.3 Å². The number of urea groups is 1. The standard InChI is InChI=1S/C14H18BrN3O3/c1-10-8-18(6-7-21-10)9-13(19)17-14(20)16-12-4-2-11(15)3-5-12/h2-5,10H,6-9H2,1H3,(H2,16,17,19,20). The Hall–Kier alpha value is -1.44. The average Bonchev–Trinajstić information content (AvgIpc) is 2.41. The average molecular weight is 356 g/mol. The number of rotatable bonds is 3. The van der Waals surface area contributed by atoms with Crippen molar-refractivity contribution < 1.29 is 14.3 Å². The fraction of sp³-hybridized carbons (Fsp3) is 0.429. The van der Waals surface area contributed by atoms with Crippen LogP contribution >= 0.6 is 15.9 Å². The van der Waals surface area contributed by atoms with E-state index in [-0.39, 0.29) is 18.6 Å². The summed E-state index contributed by atoms with van der Waals surface area (Å²) in [6.07, 6.45) is 0.114. The molecule has 1 heterocycles. The monoisotopic (exact) mass is 355 g/mol. The van der Waals surface area contributed by atoms with Crippen LogP contribution in [0.2, 0.25) is 0 Å². The van der Waals surface area contributed by atoms with Crippen molar-refractivity contribution in [1.82, 2.24) is 10.2 Å². The van der Waals surface area contributed by atoms with E-state index in [1.165, 1.54) is 0 Å². The zero-order valence-electron chi connectivity index (χ0n) is 11.8. The third-order valence-corrected chi connectivity index (χ3v) is 3.58. The Morgan fingerprint density at radius 3 is 2.76 bits per heavy atom. The van der Waals surface area contributed by atoms with Gasteiger partial charge in [0.25, 0.3) is 0 Å². The number of ether oxygens (including phenoxy) is 1. The van der Waals surface area contributed by atoms with Gasteiger partial charge in [0, 0.05) is 23.2 Å². The van der Waals surface area contributed by atoms with Crippen LogP contribution in [-0.4, -0.2) is 49.2 Å². The number of carbonyl (C=O) groups is 2. The first-order valence-electron chi connectivity index (χ1n) is 6.73. The van der Waals surface area contributed by atoms with Crippen LogP contribution in [0.3, 0.4) is 0 Å². The van der Waals surface area contributed by atoms with Gasteiger partial charge in [-0.25, -0.2) is 4.79 Å². The van der Waals surface area contributed by atoms with Crippen LogP contribution in [-0.2, 0) is 9.53 Å². The van der Waals surface area contributed by atoms with Crippen molar-refractivity contribution in [2.45, 2.75) is 13.0 Å². The number of halogens is 1. The van der Waals surface area contributed by atoms with Crippen molar-refractivity contribution in [2.75, 3.05) is 31.6 Å². The predicted octanol–water partition coefficient (Wildman–Crippen LogP) is 1.82. The summed E-state index contributed by atoms with van der Waals surface area (Å²) in [5, 5.41) is 4.93. The lowest BCUT2D eigenvalue weighted by atomic mass is 10.3. The highest BCUT2D eigenvalue weighted by atomic mass is 79.9. The third-order valence-electron chi connectivity index (χ3n) is 3.05. The number of morpholine rings is 1. The van der Waals surface area contributed by atoms with Crippen LogP contribution in [0.5, 0.6) is 0 Å². The van der Waals surface area contributed by atoms with Crippen molar-refractivity contribution >= 4 is 33.6 Å². The number of hydrogen-bond donors (Lipinski definition) is 2. The number of nitrogens with one attached hydrogen (secondary N) is 2. The van der Waals surface area contributed by atoms with Gasteiger partial charge < -0.3 is 10.1 Å². The molecule has 1 unspecified atom stereocenters. The van der Waals surface area contributed by atoms with Crippen LogP contribution in [0, 0.1) is 0 Å². The van der Waals surface area contributed by atoms with Crippen molar-refractivity contribution in [1.29, 1.82) is 0 Å². The zero-order valence-corrected chi connectivity index (χ0v) is 13.4. The molecule has 21 heavy (non-hydrogen) atoms. The molecule has 1 fully saturated rings. The van der Waals surface area contributed by atoms with E-state index in [1.54, 1.807) is 12.1 Å². The molecule has 0 spiro atoms. The number of nitrogens with zero attached hydrogens (tertiary/aromatic N) is 1. The Morgan fingerprint density at radius 1 is 1.38 bits per heavy atom. The highest BCUT2D eigenvalue weighted by Gasteiger charge is 2.19. The number of hydrogen-bond acceptors (Lipinski definition) is 4. The molecule has 1 aromatic carbocycles. The fourth-order valence-corrected chi connectivity index (χ4v) is 2.36. The number of amides is 3. The maximum absolute atomic E-state index is 11.8. The lowest BCUT2D eigenvalue weighted by Gasteiger charge is -2.30. The van der Waals surface area contributed by atoms with Gasteiger partial charge in [-0.1, -0.05) is 15.9 Å². The number of benzene rings is 1. The molecule has 7 heteroatoms. The van der Waals surface area contributed by atoms with Gasteiger partial charge >= 0.3 is 6.03 Å². The Bertz CT molecular complexity index is 507. The van der Waals surface area contributed by atoms with Crippen LogP contribution in [0.1, 0.15) is 6.92 Å². The summed E-state index contributed by atoms with van der Waals surface area (Å²) in [5.74, 6) is -0.321. The van der Waals surface area contributed by atoms with Crippen LogP contribution < -0.4 is 10.6 Å². The van der Waals surface area contributed by atoms with E-state index in [0.29, 0.717) is 25.4 Å². The molecule has 2 N–H and O–H groups in total. The highest BCUT2D eigenvalue weighted by Crippen LogP contribution is 2.13. The topological polar surface area (TPSA) is 70.7 Å². The quantitative estimate of drug-likeness (QED) is 0.867. The molecule has 1 saturated heterocycles. The van der Waals surface area contributed by atoms with Crippen molar-refractivity contribution in [2.24, 2.45) is 0 Å². The SMILES string of the molecule is CC1CN(CC(=O)NC(=O)Nc2ccc(Br)cc2)CCO1. The molecule has 3 amide bonds. The summed E-state index contributed by atoms with van der Waals surface area (Å²) in [4.78, 5) is 25.5. The molecule has 0 aromatic heterocycles. The number of carbonyl (C=O) groups excluding carboxylic acids is 2. The second-order valence-corrected chi connectivity index (χ2v) is 5.84. The van der Waals surface area contributed by atoms with Crippen molar-refractivity contribution in [3.63, 3.8) is 0 Å². The third kappa shape index (κ3) is 5.45. The summed E-state index contributed by atoms with van der Waals surface area (Å²) < 4.78 is 6.33. The van der Waals surface area contributed by atoms with Gasteiger partial charge in [-0.3, -0.25) is 15.0 Å². The molecule has 2 rings (SSSR count). The minimum Gasteiger partial charge on any atom is -0.376 e. The van der Waals surface area contributed by atoms with Gasteiger partial charge in [-0.15, -0.1) is 0 Å². The van der Waals surface area contributed by atoms with E-state index in [0.717, 1.165) is 4.47 Å². The van der Waals surface area contributed by atoms with Gasteiger partial charge in [0.15, 0.2) is 0 Å². The molecule has 0 saturated carbocycles. The minimum absolute atomic E-state index is 0.114. The van der Waals surface area contributed by atoms with Gasteiger partial charge in [-0.2, -0.15) is 0 Å². The van der Waals surface area contributed by atoms with Crippen LogP contribution in [0.25, 0.3) is 0 Å². The molecule has 114 valence electrons. The summed E-state index contributed by atoms with van der Waals surface area (Å²) in [5.41, 5.74) is 0.628. The first-order chi connectivity index (χ1) is 10.0. The smallest absolute Gasteiger partial charge is 0.325 e. The largest absolute Gasteiger partial charge is 0.376 e. The van der Waals surface area contributed by atoms with E-state index in [2.05, 4.69) is 26.6 Å². The summed E-state index contributed by atoms with van der Waals surface area (Å²) in [7, 11) is 0. The summed E-state index contributed by atoms with van der Waals surface area (Å²) in [6, 6.07) is 6.60. The van der Waals surface area contributed by atoms with Gasteiger partial charge in [0.1, 0.15) is 0 Å². The zero-order chi connectivity index (χ0) is 15.2. The Morgan fingerprint density at radius 2 is 2.10 bits per heavy atom. The fourth-order valence-electron chi connectivity index (χ4n) is 2.10. The molecular weight excluding hydrogens is 338 g/mol. The molecule has 6 nitrogen and oxygen atoms in total. The molecule has 0 aliphatic carbocycles. The van der Waals surface area contributed by atoms with E-state index in [4.69, 9.17) is 4.74 Å². The summed E-state index contributed by atoms with van der Waals surface area (Å²) >= 11 is 3.31. The molecule has 0 bridgehead atoms. The second-order valence-electron chi connectivity index (χ2n) is 4.93. The second kappa shape index (κ2) is 7.53.